The van der Waals surface area contributed by atoms with Crippen LogP contribution >= 0.6 is 0 Å². The highest BCUT2D eigenvalue weighted by Crippen LogP contribution is 2.30. The predicted octanol–water partition coefficient (Wildman–Crippen LogP) is 2.16. The number of carboxylic acids is 2. The number of aliphatic carboxylic acids is 2. The van der Waals surface area contributed by atoms with E-state index in [0.29, 0.717) is 61.0 Å². The highest BCUT2D eigenvalue weighted by Gasteiger charge is 2.26. The Hall–Kier alpha value is -3.82. The van der Waals surface area contributed by atoms with Crippen LogP contribution in [0, 0.1) is 0 Å². The predicted molar refractivity (Wildman–Crippen MR) is 145 cm³/mol. The summed E-state index contributed by atoms with van der Waals surface area (Å²) in [5, 5.41) is 19.6. The fourth-order valence-corrected chi connectivity index (χ4v) is 4.09. The van der Waals surface area contributed by atoms with Crippen LogP contribution in [0.25, 0.3) is 11.5 Å². The molecule has 1 amide bonds. The Morgan fingerprint density at radius 1 is 1.18 bits per heavy atom. The molecule has 0 saturated carbocycles. The number of hydrogen-bond acceptors (Lipinski definition) is 10. The number of carbonyl (C=O) groups is 3. The van der Waals surface area contributed by atoms with Gasteiger partial charge in [0.1, 0.15) is 6.10 Å². The molecular weight excluding hydrogens is 546 g/mol. The van der Waals surface area contributed by atoms with Gasteiger partial charge in [0, 0.05) is 51.3 Å². The van der Waals surface area contributed by atoms with Gasteiger partial charge in [-0.1, -0.05) is 31.1 Å². The SMILES string of the molecule is CC(C)c1noc(-c2ccccc2N(C)C(=O)OC2CCN(CCNS(C)(=O)=O)CC2)n1.O=C(O)/C=C\C(=O)O. The molecule has 2 heterocycles. The number of nitrogens with zero attached hydrogens (tertiary/aromatic N) is 4. The summed E-state index contributed by atoms with van der Waals surface area (Å²) in [6, 6.07) is 7.34. The fraction of sp³-hybridized carbons (Fsp3) is 0.480. The lowest BCUT2D eigenvalue weighted by molar-refractivity contribution is -0.134. The third-order valence-electron chi connectivity index (χ3n) is 5.69. The Kier molecular flexibility index (Phi) is 12.2. The summed E-state index contributed by atoms with van der Waals surface area (Å²) in [6.45, 7) is 6.45. The second kappa shape index (κ2) is 15.1. The molecular formula is C25H35N5O9S. The van der Waals surface area contributed by atoms with Crippen LogP contribution in [0.4, 0.5) is 10.5 Å². The van der Waals surface area contributed by atoms with E-state index >= 15 is 0 Å². The number of rotatable bonds is 10. The first-order valence-electron chi connectivity index (χ1n) is 12.4. The smallest absolute Gasteiger partial charge is 0.414 e. The number of anilines is 1. The van der Waals surface area contributed by atoms with Crippen LogP contribution in [0.3, 0.4) is 0 Å². The van der Waals surface area contributed by atoms with Crippen molar-refractivity contribution >= 4 is 33.7 Å². The summed E-state index contributed by atoms with van der Waals surface area (Å²) >= 11 is 0. The standard InChI is InChI=1S/C21H31N5O5S.C4H4O4/c1-15(2)19-23-20(31-24-19)17-7-5-6-8-18(17)25(3)21(27)30-16-9-12-26(13-10-16)14-11-22-32(4,28)29;5-3(6)1-2-4(7)8/h5-8,15-16,22H,9-14H2,1-4H3;1-2H,(H,5,6)(H,7,8)/b;2-1-. The summed E-state index contributed by atoms with van der Waals surface area (Å²) in [6.07, 6.45) is 3.02. The summed E-state index contributed by atoms with van der Waals surface area (Å²) in [5.74, 6) is -1.41. The van der Waals surface area contributed by atoms with E-state index in [9.17, 15) is 22.8 Å². The molecule has 220 valence electrons. The summed E-state index contributed by atoms with van der Waals surface area (Å²) < 4.78 is 36.0. The molecule has 0 bridgehead atoms. The first kappa shape index (κ1) is 32.4. The quantitative estimate of drug-likeness (QED) is 0.347. The number of nitrogens with one attached hydrogen (secondary N) is 1. The minimum Gasteiger partial charge on any atom is -0.478 e. The molecule has 14 nitrogen and oxygen atoms in total. The minimum absolute atomic E-state index is 0.135. The molecule has 1 aromatic carbocycles. The summed E-state index contributed by atoms with van der Waals surface area (Å²) in [4.78, 5) is 40.0. The number of hydrogen-bond donors (Lipinski definition) is 3. The van der Waals surface area contributed by atoms with Crippen LogP contribution < -0.4 is 9.62 Å². The number of benzene rings is 1. The molecule has 1 fully saturated rings. The van der Waals surface area contributed by atoms with Crippen molar-refractivity contribution in [1.29, 1.82) is 0 Å². The number of ether oxygens (including phenoxy) is 1. The van der Waals surface area contributed by atoms with Crippen molar-refractivity contribution in [2.75, 3.05) is 44.4 Å². The summed E-state index contributed by atoms with van der Waals surface area (Å²) in [5.41, 5.74) is 1.29. The van der Waals surface area contributed by atoms with Gasteiger partial charge in [0.15, 0.2) is 5.82 Å². The Morgan fingerprint density at radius 2 is 1.77 bits per heavy atom. The lowest BCUT2D eigenvalue weighted by Crippen LogP contribution is -2.42. The van der Waals surface area contributed by atoms with Crippen molar-refractivity contribution in [2.45, 2.75) is 38.7 Å². The van der Waals surface area contributed by atoms with E-state index in [1.807, 2.05) is 38.1 Å². The second-order valence-corrected chi connectivity index (χ2v) is 11.1. The van der Waals surface area contributed by atoms with E-state index in [-0.39, 0.29) is 12.0 Å². The number of carbonyl (C=O) groups excluding carboxylic acids is 1. The number of sulfonamides is 1. The second-order valence-electron chi connectivity index (χ2n) is 9.29. The number of likely N-dealkylation sites (tertiary alicyclic amines) is 1. The van der Waals surface area contributed by atoms with Crippen LogP contribution in [-0.4, -0.2) is 97.3 Å². The van der Waals surface area contributed by atoms with Crippen molar-refractivity contribution in [3.63, 3.8) is 0 Å². The lowest BCUT2D eigenvalue weighted by atomic mass is 10.1. The highest BCUT2D eigenvalue weighted by atomic mass is 32.2. The molecule has 2 aromatic rings. The zero-order valence-corrected chi connectivity index (χ0v) is 23.6. The zero-order valence-electron chi connectivity index (χ0n) is 22.8. The first-order valence-corrected chi connectivity index (χ1v) is 14.3. The average molecular weight is 582 g/mol. The van der Waals surface area contributed by atoms with Gasteiger partial charge in [-0.05, 0) is 25.0 Å². The lowest BCUT2D eigenvalue weighted by Gasteiger charge is -2.32. The maximum Gasteiger partial charge on any atom is 0.414 e. The molecule has 3 rings (SSSR count). The molecule has 40 heavy (non-hydrogen) atoms. The first-order chi connectivity index (χ1) is 18.8. The maximum absolute atomic E-state index is 12.8. The minimum atomic E-state index is -3.18. The van der Waals surface area contributed by atoms with Gasteiger partial charge in [-0.3, -0.25) is 4.90 Å². The molecule has 1 saturated heterocycles. The molecule has 0 spiro atoms. The van der Waals surface area contributed by atoms with Crippen molar-refractivity contribution in [2.24, 2.45) is 0 Å². The van der Waals surface area contributed by atoms with Crippen LogP contribution in [0.2, 0.25) is 0 Å². The normalized spacial score (nSPS) is 14.5. The van der Waals surface area contributed by atoms with Crippen molar-refractivity contribution in [3.05, 3.63) is 42.2 Å². The monoisotopic (exact) mass is 581 g/mol. The molecule has 1 aliphatic rings. The van der Waals surface area contributed by atoms with Gasteiger partial charge in [0.05, 0.1) is 17.5 Å². The molecule has 1 aromatic heterocycles. The van der Waals surface area contributed by atoms with Gasteiger partial charge in [0.2, 0.25) is 10.0 Å². The van der Waals surface area contributed by atoms with E-state index < -0.39 is 28.1 Å². The van der Waals surface area contributed by atoms with Gasteiger partial charge >= 0.3 is 18.0 Å². The van der Waals surface area contributed by atoms with Crippen molar-refractivity contribution in [1.82, 2.24) is 19.8 Å². The van der Waals surface area contributed by atoms with Crippen LogP contribution in [0.1, 0.15) is 38.4 Å². The van der Waals surface area contributed by atoms with Crippen LogP contribution in [0.15, 0.2) is 40.9 Å². The van der Waals surface area contributed by atoms with Gasteiger partial charge in [-0.15, -0.1) is 0 Å². The Morgan fingerprint density at radius 3 is 2.30 bits per heavy atom. The third-order valence-corrected chi connectivity index (χ3v) is 6.42. The Balaban J connectivity index is 0.000000611. The van der Waals surface area contributed by atoms with Crippen LogP contribution in [0.5, 0.6) is 0 Å². The molecule has 3 N–H and O–H groups in total. The molecule has 0 atom stereocenters. The van der Waals surface area contributed by atoms with E-state index in [4.69, 9.17) is 19.5 Å². The number of carboxylic acid groups (broad SMARTS) is 2. The van der Waals surface area contributed by atoms with Crippen molar-refractivity contribution in [3.8, 4) is 11.5 Å². The van der Waals surface area contributed by atoms with E-state index in [2.05, 4.69) is 19.8 Å². The molecule has 0 aliphatic carbocycles. The largest absolute Gasteiger partial charge is 0.478 e. The molecule has 0 radical (unpaired) electrons. The number of amides is 1. The third kappa shape index (κ3) is 11.1. The zero-order chi connectivity index (χ0) is 29.9. The highest BCUT2D eigenvalue weighted by molar-refractivity contribution is 7.88. The average Bonchev–Trinajstić information content (AvgIpc) is 3.38. The van der Waals surface area contributed by atoms with Crippen molar-refractivity contribution < 1.29 is 42.3 Å². The molecule has 1 aliphatic heterocycles. The molecule has 15 heteroatoms. The number of para-hydroxylation sites is 1. The topological polar surface area (TPSA) is 192 Å². The number of piperidine rings is 1. The van der Waals surface area contributed by atoms with E-state index in [1.165, 1.54) is 4.90 Å². The summed E-state index contributed by atoms with van der Waals surface area (Å²) in [7, 11) is -1.52. The van der Waals surface area contributed by atoms with Gasteiger partial charge in [-0.2, -0.15) is 4.98 Å². The van der Waals surface area contributed by atoms with E-state index in [0.717, 1.165) is 19.3 Å². The fourth-order valence-electron chi connectivity index (χ4n) is 3.63. The Labute approximate surface area is 232 Å². The van der Waals surface area contributed by atoms with Gasteiger partial charge < -0.3 is 24.4 Å². The van der Waals surface area contributed by atoms with Gasteiger partial charge in [-0.25, -0.2) is 27.5 Å². The Bertz CT molecular complexity index is 1270. The maximum atomic E-state index is 12.8. The molecule has 0 unspecified atom stereocenters. The van der Waals surface area contributed by atoms with Gasteiger partial charge in [0.25, 0.3) is 5.89 Å². The number of aromatic nitrogens is 2. The van der Waals surface area contributed by atoms with E-state index in [1.54, 1.807) is 7.05 Å². The van der Waals surface area contributed by atoms with Crippen LogP contribution in [-0.2, 0) is 24.3 Å².